The molecule has 0 radical (unpaired) electrons. The first-order chi connectivity index (χ1) is 8.61. The Morgan fingerprint density at radius 2 is 2.22 bits per heavy atom. The molecule has 0 aliphatic rings. The monoisotopic (exact) mass is 374 g/mol. The van der Waals surface area contributed by atoms with Gasteiger partial charge in [-0.3, -0.25) is 10.1 Å². The summed E-state index contributed by atoms with van der Waals surface area (Å²) in [4.78, 5) is 10.4. The Morgan fingerprint density at radius 3 is 2.83 bits per heavy atom. The molecule has 8 heteroatoms. The molecule has 1 aromatic carbocycles. The van der Waals surface area contributed by atoms with Gasteiger partial charge in [0.25, 0.3) is 5.69 Å². The Morgan fingerprint density at radius 1 is 1.44 bits per heavy atom. The zero-order valence-corrected chi connectivity index (χ0v) is 12.3. The highest BCUT2D eigenvalue weighted by Crippen LogP contribution is 2.28. The van der Waals surface area contributed by atoms with Gasteiger partial charge in [-0.05, 0) is 21.5 Å². The topological polar surface area (TPSA) is 73.8 Å². The van der Waals surface area contributed by atoms with E-state index in [1.807, 2.05) is 6.07 Å². The Labute approximate surface area is 119 Å². The number of aromatic nitrogens is 3. The van der Waals surface area contributed by atoms with Gasteiger partial charge in [0.1, 0.15) is 4.47 Å². The van der Waals surface area contributed by atoms with Crippen LogP contribution in [0, 0.1) is 10.1 Å². The molecule has 0 amide bonds. The molecule has 0 aliphatic carbocycles. The minimum atomic E-state index is -0.418. The van der Waals surface area contributed by atoms with Crippen LogP contribution in [-0.4, -0.2) is 19.9 Å². The number of nitro groups is 1. The summed E-state index contributed by atoms with van der Waals surface area (Å²) in [5, 5.41) is 19.3. The molecule has 0 spiro atoms. The van der Waals surface area contributed by atoms with Crippen LogP contribution in [0.2, 0.25) is 0 Å². The summed E-state index contributed by atoms with van der Waals surface area (Å²) in [7, 11) is 0. The molecule has 6 nitrogen and oxygen atoms in total. The van der Waals surface area contributed by atoms with E-state index in [0.29, 0.717) is 16.3 Å². The number of rotatable bonds is 4. The number of benzene rings is 1. The Balaban J connectivity index is 2.29. The fraction of sp³-hybridized carbons (Fsp3) is 0.200. The second kappa shape index (κ2) is 5.57. The zero-order chi connectivity index (χ0) is 13.1. The van der Waals surface area contributed by atoms with Crippen LogP contribution in [-0.2, 0) is 11.9 Å². The summed E-state index contributed by atoms with van der Waals surface area (Å²) < 4.78 is 2.12. The molecule has 0 bridgehead atoms. The van der Waals surface area contributed by atoms with Crippen molar-refractivity contribution in [3.8, 4) is 0 Å². The maximum atomic E-state index is 10.8. The molecule has 94 valence electrons. The van der Waals surface area contributed by atoms with Crippen molar-refractivity contribution in [2.24, 2.45) is 0 Å². The van der Waals surface area contributed by atoms with E-state index in [9.17, 15) is 10.1 Å². The minimum absolute atomic E-state index is 0.0494. The van der Waals surface area contributed by atoms with Gasteiger partial charge >= 0.3 is 0 Å². The van der Waals surface area contributed by atoms with Crippen LogP contribution in [0.5, 0.6) is 0 Å². The Kier molecular flexibility index (Phi) is 4.07. The molecule has 1 heterocycles. The van der Waals surface area contributed by atoms with Crippen molar-refractivity contribution in [3.05, 3.63) is 50.2 Å². The highest BCUT2D eigenvalue weighted by Gasteiger charge is 2.15. The number of hydrogen-bond acceptors (Lipinski definition) is 4. The molecule has 2 aromatic rings. The highest BCUT2D eigenvalue weighted by atomic mass is 79.9. The summed E-state index contributed by atoms with van der Waals surface area (Å²) in [6.07, 6.45) is 1.79. The second-order valence-electron chi connectivity index (χ2n) is 3.55. The lowest BCUT2D eigenvalue weighted by Crippen LogP contribution is -2.02. The first-order valence-corrected chi connectivity index (χ1v) is 6.90. The van der Waals surface area contributed by atoms with Crippen LogP contribution < -0.4 is 0 Å². The summed E-state index contributed by atoms with van der Waals surface area (Å²) in [5.74, 6) is 0. The maximum Gasteiger partial charge on any atom is 0.283 e. The first kappa shape index (κ1) is 13.2. The molecule has 0 atom stereocenters. The van der Waals surface area contributed by atoms with Crippen LogP contribution in [0.3, 0.4) is 0 Å². The standard InChI is InChI=1S/C10H8Br2N4O2/c11-4-8-6-15(14-13-8)5-7-2-1-3-9(10(7)12)16(17)18/h1-3,6H,4-5H2. The van der Waals surface area contributed by atoms with Crippen molar-refractivity contribution in [1.82, 2.24) is 15.0 Å². The van der Waals surface area contributed by atoms with Crippen molar-refractivity contribution in [1.29, 1.82) is 0 Å². The van der Waals surface area contributed by atoms with Crippen LogP contribution in [0.25, 0.3) is 0 Å². The van der Waals surface area contributed by atoms with Gasteiger partial charge in [0.05, 0.1) is 17.2 Å². The van der Waals surface area contributed by atoms with E-state index in [1.165, 1.54) is 6.07 Å². The molecular formula is C10H8Br2N4O2. The van der Waals surface area contributed by atoms with Crippen molar-refractivity contribution in [2.75, 3.05) is 0 Å². The number of hydrogen-bond donors (Lipinski definition) is 0. The van der Waals surface area contributed by atoms with E-state index in [2.05, 4.69) is 42.2 Å². The van der Waals surface area contributed by atoms with Gasteiger partial charge in [0.15, 0.2) is 0 Å². The van der Waals surface area contributed by atoms with Gasteiger partial charge in [0.2, 0.25) is 0 Å². The Hall–Kier alpha value is -1.28. The predicted molar refractivity (Wildman–Crippen MR) is 72.6 cm³/mol. The van der Waals surface area contributed by atoms with Crippen molar-refractivity contribution >= 4 is 37.5 Å². The third kappa shape index (κ3) is 2.75. The van der Waals surface area contributed by atoms with Gasteiger partial charge in [-0.25, -0.2) is 4.68 Å². The second-order valence-corrected chi connectivity index (χ2v) is 4.90. The van der Waals surface area contributed by atoms with Crippen molar-refractivity contribution < 1.29 is 4.92 Å². The smallest absolute Gasteiger partial charge is 0.258 e. The van der Waals surface area contributed by atoms with Crippen LogP contribution in [0.4, 0.5) is 5.69 Å². The molecule has 0 fully saturated rings. The number of nitrogens with zero attached hydrogens (tertiary/aromatic N) is 4. The van der Waals surface area contributed by atoms with Crippen molar-refractivity contribution in [2.45, 2.75) is 11.9 Å². The van der Waals surface area contributed by atoms with Crippen LogP contribution in [0.1, 0.15) is 11.3 Å². The van der Waals surface area contributed by atoms with E-state index in [-0.39, 0.29) is 5.69 Å². The van der Waals surface area contributed by atoms with Crippen LogP contribution >= 0.6 is 31.9 Å². The third-order valence-electron chi connectivity index (χ3n) is 2.31. The largest absolute Gasteiger partial charge is 0.283 e. The lowest BCUT2D eigenvalue weighted by Gasteiger charge is -2.04. The molecular weight excluding hydrogens is 368 g/mol. The first-order valence-electron chi connectivity index (χ1n) is 4.98. The molecule has 0 saturated heterocycles. The molecule has 0 N–H and O–H groups in total. The quantitative estimate of drug-likeness (QED) is 0.467. The number of alkyl halides is 1. The molecule has 1 aromatic heterocycles. The minimum Gasteiger partial charge on any atom is -0.258 e. The number of halogens is 2. The lowest BCUT2D eigenvalue weighted by molar-refractivity contribution is -0.385. The molecule has 18 heavy (non-hydrogen) atoms. The van der Waals surface area contributed by atoms with Gasteiger partial charge in [-0.2, -0.15) is 0 Å². The average Bonchev–Trinajstić information content (AvgIpc) is 2.79. The van der Waals surface area contributed by atoms with Crippen molar-refractivity contribution in [3.63, 3.8) is 0 Å². The fourth-order valence-electron chi connectivity index (χ4n) is 1.48. The van der Waals surface area contributed by atoms with E-state index in [4.69, 9.17) is 0 Å². The number of nitro benzene ring substituents is 1. The molecule has 2 rings (SSSR count). The van der Waals surface area contributed by atoms with E-state index < -0.39 is 4.92 Å². The van der Waals surface area contributed by atoms with Crippen LogP contribution in [0.15, 0.2) is 28.9 Å². The van der Waals surface area contributed by atoms with E-state index in [0.717, 1.165) is 11.3 Å². The molecule has 0 unspecified atom stereocenters. The normalized spacial score (nSPS) is 10.6. The van der Waals surface area contributed by atoms with E-state index >= 15 is 0 Å². The molecule has 0 saturated carbocycles. The summed E-state index contributed by atoms with van der Waals surface area (Å²) >= 11 is 6.54. The fourth-order valence-corrected chi connectivity index (χ4v) is 2.27. The Bertz CT molecular complexity index is 585. The average molecular weight is 376 g/mol. The maximum absolute atomic E-state index is 10.8. The summed E-state index contributed by atoms with van der Waals surface area (Å²) in [6, 6.07) is 4.92. The summed E-state index contributed by atoms with van der Waals surface area (Å²) in [5.41, 5.74) is 1.65. The van der Waals surface area contributed by atoms with Gasteiger partial charge in [-0.15, -0.1) is 5.10 Å². The highest BCUT2D eigenvalue weighted by molar-refractivity contribution is 9.10. The van der Waals surface area contributed by atoms with Gasteiger partial charge in [0, 0.05) is 17.6 Å². The van der Waals surface area contributed by atoms with Gasteiger partial charge < -0.3 is 0 Å². The molecule has 0 aliphatic heterocycles. The zero-order valence-electron chi connectivity index (χ0n) is 9.08. The summed E-state index contributed by atoms with van der Waals surface area (Å²) in [6.45, 7) is 0.433. The predicted octanol–water partition coefficient (Wildman–Crippen LogP) is 2.89. The lowest BCUT2D eigenvalue weighted by atomic mass is 10.2. The third-order valence-corrected chi connectivity index (χ3v) is 3.80. The van der Waals surface area contributed by atoms with Gasteiger partial charge in [-0.1, -0.05) is 33.3 Å². The SMILES string of the molecule is O=[N+]([O-])c1cccc(Cn2cc(CBr)nn2)c1Br. The van der Waals surface area contributed by atoms with E-state index in [1.54, 1.807) is 16.9 Å².